The van der Waals surface area contributed by atoms with Crippen LogP contribution < -0.4 is 5.73 Å². The minimum absolute atomic E-state index is 0. The summed E-state index contributed by atoms with van der Waals surface area (Å²) in [6, 6.07) is 4.51. The van der Waals surface area contributed by atoms with Crippen LogP contribution in [0.15, 0.2) is 12.1 Å². The fraction of sp³-hybridized carbons (Fsp3) is 0.600. The maximum Gasteiger partial charge on any atom is 0.0346 e. The number of nitrogens with two attached hydrogens (primary N) is 1. The Balaban J connectivity index is 0.00000108. The molecule has 3 atom stereocenters. The molecular formula is C15H22ClN. The third kappa shape index (κ3) is 2.06. The van der Waals surface area contributed by atoms with Crippen LogP contribution in [0.4, 0.5) is 5.69 Å². The Morgan fingerprint density at radius 2 is 1.82 bits per heavy atom. The second-order valence-electron chi connectivity index (χ2n) is 5.85. The molecule has 2 N–H and O–H groups in total. The molecule has 0 spiro atoms. The minimum atomic E-state index is 0. The van der Waals surface area contributed by atoms with Gasteiger partial charge in [0.2, 0.25) is 0 Å². The van der Waals surface area contributed by atoms with Crippen LogP contribution in [-0.2, 0) is 0 Å². The maximum atomic E-state index is 6.06. The minimum Gasteiger partial charge on any atom is -0.399 e. The normalized spacial score (nSPS) is 30.4. The highest BCUT2D eigenvalue weighted by molar-refractivity contribution is 5.85. The van der Waals surface area contributed by atoms with Crippen molar-refractivity contribution in [1.29, 1.82) is 0 Å². The lowest BCUT2D eigenvalue weighted by molar-refractivity contribution is 0.419. The smallest absolute Gasteiger partial charge is 0.0346 e. The van der Waals surface area contributed by atoms with Gasteiger partial charge in [-0.2, -0.15) is 0 Å². The molecule has 2 saturated carbocycles. The molecule has 0 heterocycles. The molecule has 0 amide bonds. The molecule has 0 saturated heterocycles. The topological polar surface area (TPSA) is 26.0 Å². The molecule has 0 aromatic heterocycles. The molecule has 0 aliphatic heterocycles. The number of rotatable bonds is 1. The standard InChI is InChI=1S/C15H21N.ClH/c1-9-5-10(2)15(16)8-13(9)14-7-11-3-4-12(14)6-11;/h5,8,11-12,14H,3-4,6-7,16H2,1-2H3;1H. The third-order valence-corrected chi connectivity index (χ3v) is 4.79. The highest BCUT2D eigenvalue weighted by Crippen LogP contribution is 2.53. The molecule has 1 aromatic rings. The Labute approximate surface area is 110 Å². The van der Waals surface area contributed by atoms with Crippen LogP contribution in [0.25, 0.3) is 0 Å². The summed E-state index contributed by atoms with van der Waals surface area (Å²) in [5.74, 6) is 2.77. The summed E-state index contributed by atoms with van der Waals surface area (Å²) < 4.78 is 0. The summed E-state index contributed by atoms with van der Waals surface area (Å²) in [4.78, 5) is 0. The molecule has 3 rings (SSSR count). The van der Waals surface area contributed by atoms with E-state index in [4.69, 9.17) is 5.73 Å². The van der Waals surface area contributed by atoms with Gasteiger partial charge in [0.05, 0.1) is 0 Å². The molecule has 2 bridgehead atoms. The van der Waals surface area contributed by atoms with E-state index in [1.807, 2.05) is 0 Å². The molecule has 2 heteroatoms. The van der Waals surface area contributed by atoms with Crippen molar-refractivity contribution in [2.24, 2.45) is 11.8 Å². The summed E-state index contributed by atoms with van der Waals surface area (Å²) in [5, 5.41) is 0. The summed E-state index contributed by atoms with van der Waals surface area (Å²) in [6.07, 6.45) is 5.80. The first kappa shape index (κ1) is 12.8. The van der Waals surface area contributed by atoms with Gasteiger partial charge in [0, 0.05) is 5.69 Å². The van der Waals surface area contributed by atoms with Crippen LogP contribution in [0.3, 0.4) is 0 Å². The van der Waals surface area contributed by atoms with E-state index in [9.17, 15) is 0 Å². The van der Waals surface area contributed by atoms with E-state index in [1.165, 1.54) is 42.4 Å². The Morgan fingerprint density at radius 3 is 2.41 bits per heavy atom. The molecule has 0 radical (unpaired) electrons. The van der Waals surface area contributed by atoms with Gasteiger partial charge >= 0.3 is 0 Å². The summed E-state index contributed by atoms with van der Waals surface area (Å²) in [6.45, 7) is 4.35. The molecule has 3 unspecified atom stereocenters. The van der Waals surface area contributed by atoms with Crippen molar-refractivity contribution >= 4 is 18.1 Å². The monoisotopic (exact) mass is 251 g/mol. The molecule has 2 aliphatic carbocycles. The van der Waals surface area contributed by atoms with Crippen molar-refractivity contribution in [3.63, 3.8) is 0 Å². The highest BCUT2D eigenvalue weighted by atomic mass is 35.5. The molecule has 1 nitrogen and oxygen atoms in total. The molecule has 1 aromatic carbocycles. The fourth-order valence-corrected chi connectivity index (χ4v) is 3.91. The van der Waals surface area contributed by atoms with Gasteiger partial charge in [-0.25, -0.2) is 0 Å². The first-order chi connectivity index (χ1) is 7.65. The van der Waals surface area contributed by atoms with Crippen molar-refractivity contribution in [3.8, 4) is 0 Å². The highest BCUT2D eigenvalue weighted by Gasteiger charge is 2.40. The number of hydrogen-bond acceptors (Lipinski definition) is 1. The maximum absolute atomic E-state index is 6.06. The van der Waals surface area contributed by atoms with E-state index in [-0.39, 0.29) is 12.4 Å². The number of anilines is 1. The fourth-order valence-electron chi connectivity index (χ4n) is 3.91. The first-order valence-corrected chi connectivity index (χ1v) is 6.51. The lowest BCUT2D eigenvalue weighted by Gasteiger charge is -2.24. The van der Waals surface area contributed by atoms with Crippen LogP contribution >= 0.6 is 12.4 Å². The zero-order valence-corrected chi connectivity index (χ0v) is 11.5. The van der Waals surface area contributed by atoms with Gasteiger partial charge in [-0.05, 0) is 73.6 Å². The summed E-state index contributed by atoms with van der Waals surface area (Å²) in [5.41, 5.74) is 11.2. The Bertz CT molecular complexity index is 427. The van der Waals surface area contributed by atoms with Gasteiger partial charge in [-0.15, -0.1) is 12.4 Å². The molecule has 2 fully saturated rings. The Hall–Kier alpha value is -0.690. The number of benzene rings is 1. The third-order valence-electron chi connectivity index (χ3n) is 4.79. The average molecular weight is 252 g/mol. The van der Waals surface area contributed by atoms with Gasteiger partial charge in [-0.1, -0.05) is 12.5 Å². The van der Waals surface area contributed by atoms with E-state index in [0.717, 1.165) is 23.4 Å². The van der Waals surface area contributed by atoms with E-state index < -0.39 is 0 Å². The Morgan fingerprint density at radius 1 is 1.06 bits per heavy atom. The zero-order valence-electron chi connectivity index (χ0n) is 10.7. The largest absolute Gasteiger partial charge is 0.399 e. The summed E-state index contributed by atoms with van der Waals surface area (Å²) >= 11 is 0. The van der Waals surface area contributed by atoms with Crippen molar-refractivity contribution < 1.29 is 0 Å². The van der Waals surface area contributed by atoms with E-state index in [0.29, 0.717) is 0 Å². The lowest BCUT2D eigenvalue weighted by atomic mass is 9.81. The van der Waals surface area contributed by atoms with Crippen LogP contribution in [0, 0.1) is 25.7 Å². The van der Waals surface area contributed by atoms with Crippen molar-refractivity contribution in [3.05, 3.63) is 28.8 Å². The van der Waals surface area contributed by atoms with Crippen LogP contribution in [0.5, 0.6) is 0 Å². The lowest BCUT2D eigenvalue weighted by Crippen LogP contribution is -2.10. The van der Waals surface area contributed by atoms with E-state index >= 15 is 0 Å². The van der Waals surface area contributed by atoms with Gasteiger partial charge in [0.25, 0.3) is 0 Å². The predicted molar refractivity (Wildman–Crippen MR) is 75.8 cm³/mol. The average Bonchev–Trinajstić information content (AvgIpc) is 2.84. The summed E-state index contributed by atoms with van der Waals surface area (Å²) in [7, 11) is 0. The van der Waals surface area contributed by atoms with Crippen molar-refractivity contribution in [2.45, 2.75) is 45.4 Å². The SMILES string of the molecule is Cc1cc(C)c(C2CC3CCC2C3)cc1N.Cl. The second-order valence-corrected chi connectivity index (χ2v) is 5.85. The van der Waals surface area contributed by atoms with Crippen LogP contribution in [0.1, 0.15) is 48.3 Å². The molecule has 2 aliphatic rings. The second kappa shape index (κ2) is 4.53. The zero-order chi connectivity index (χ0) is 11.3. The van der Waals surface area contributed by atoms with Crippen LogP contribution in [-0.4, -0.2) is 0 Å². The van der Waals surface area contributed by atoms with Gasteiger partial charge in [0.1, 0.15) is 0 Å². The van der Waals surface area contributed by atoms with E-state index in [1.54, 1.807) is 0 Å². The van der Waals surface area contributed by atoms with Crippen molar-refractivity contribution in [2.75, 3.05) is 5.73 Å². The predicted octanol–water partition coefficient (Wildman–Crippen LogP) is 4.21. The number of halogens is 1. The first-order valence-electron chi connectivity index (χ1n) is 6.51. The number of aryl methyl sites for hydroxylation is 2. The van der Waals surface area contributed by atoms with Gasteiger partial charge in [0.15, 0.2) is 0 Å². The number of hydrogen-bond donors (Lipinski definition) is 1. The molecular weight excluding hydrogens is 230 g/mol. The van der Waals surface area contributed by atoms with Gasteiger partial charge in [-0.3, -0.25) is 0 Å². The quantitative estimate of drug-likeness (QED) is 0.744. The van der Waals surface area contributed by atoms with Gasteiger partial charge < -0.3 is 5.73 Å². The van der Waals surface area contributed by atoms with Crippen molar-refractivity contribution in [1.82, 2.24) is 0 Å². The number of nitrogen functional groups attached to an aromatic ring is 1. The van der Waals surface area contributed by atoms with Crippen LogP contribution in [0.2, 0.25) is 0 Å². The number of fused-ring (bicyclic) bond motifs is 2. The molecule has 94 valence electrons. The van der Waals surface area contributed by atoms with E-state index in [2.05, 4.69) is 26.0 Å². The molecule has 17 heavy (non-hydrogen) atoms. The Kier molecular flexibility index (Phi) is 3.40.